The van der Waals surface area contributed by atoms with Gasteiger partial charge in [0.25, 0.3) is 0 Å². The highest BCUT2D eigenvalue weighted by molar-refractivity contribution is 5.69. The average Bonchev–Trinajstić information content (AvgIpc) is 1.97. The Balaban J connectivity index is 3.30. The first-order valence-electron chi connectivity index (χ1n) is 2.70. The quantitative estimate of drug-likeness (QED) is 0.527. The summed E-state index contributed by atoms with van der Waals surface area (Å²) in [7, 11) is 0. The van der Waals surface area contributed by atoms with E-state index in [4.69, 9.17) is 10.5 Å². The van der Waals surface area contributed by atoms with E-state index in [-0.39, 0.29) is 19.4 Å². The lowest BCUT2D eigenvalue weighted by Crippen LogP contribution is -2.03. The van der Waals surface area contributed by atoms with Crippen LogP contribution in [-0.2, 0) is 9.53 Å². The predicted octanol–water partition coefficient (Wildman–Crippen LogP) is 0.357. The second-order valence-electron chi connectivity index (χ2n) is 1.48. The summed E-state index contributed by atoms with van der Waals surface area (Å²) in [5, 5.41) is 16.0. The van der Waals surface area contributed by atoms with Crippen molar-refractivity contribution in [2.24, 2.45) is 0 Å². The van der Waals surface area contributed by atoms with E-state index in [1.54, 1.807) is 12.1 Å². The van der Waals surface area contributed by atoms with Gasteiger partial charge >= 0.3 is 5.97 Å². The van der Waals surface area contributed by atoms with Crippen LogP contribution in [0.1, 0.15) is 12.8 Å². The van der Waals surface area contributed by atoms with Crippen LogP contribution >= 0.6 is 0 Å². The van der Waals surface area contributed by atoms with Crippen molar-refractivity contribution >= 4 is 5.97 Å². The fourth-order valence-corrected chi connectivity index (χ4v) is 0.343. The summed E-state index contributed by atoms with van der Waals surface area (Å²) in [6.07, 6.45) is 0.211. The molecule has 4 heteroatoms. The third-order valence-corrected chi connectivity index (χ3v) is 0.739. The highest BCUT2D eigenvalue weighted by atomic mass is 16.5. The third-order valence-electron chi connectivity index (χ3n) is 0.739. The lowest BCUT2D eigenvalue weighted by atomic mass is 10.3. The van der Waals surface area contributed by atoms with Gasteiger partial charge in [-0.3, -0.25) is 4.79 Å². The Morgan fingerprint density at radius 2 is 2.10 bits per heavy atom. The van der Waals surface area contributed by atoms with Gasteiger partial charge < -0.3 is 4.74 Å². The zero-order valence-electron chi connectivity index (χ0n) is 5.33. The van der Waals surface area contributed by atoms with Crippen molar-refractivity contribution in [2.45, 2.75) is 12.8 Å². The van der Waals surface area contributed by atoms with Gasteiger partial charge in [-0.1, -0.05) is 0 Å². The van der Waals surface area contributed by atoms with Crippen LogP contribution in [0.25, 0.3) is 0 Å². The Kier molecular flexibility index (Phi) is 4.72. The summed E-state index contributed by atoms with van der Waals surface area (Å²) >= 11 is 0. The van der Waals surface area contributed by atoms with Crippen LogP contribution in [0.15, 0.2) is 0 Å². The molecule has 0 aliphatic rings. The van der Waals surface area contributed by atoms with Gasteiger partial charge in [-0.15, -0.1) is 0 Å². The van der Waals surface area contributed by atoms with E-state index in [2.05, 4.69) is 4.74 Å². The molecular weight excluding hydrogens is 132 g/mol. The van der Waals surface area contributed by atoms with Gasteiger partial charge in [-0.25, -0.2) is 0 Å². The summed E-state index contributed by atoms with van der Waals surface area (Å²) in [5.74, 6) is -0.497. The summed E-state index contributed by atoms with van der Waals surface area (Å²) in [4.78, 5) is 10.4. The zero-order valence-corrected chi connectivity index (χ0v) is 5.33. The minimum absolute atomic E-state index is 0.0676. The molecule has 0 aromatic heterocycles. The van der Waals surface area contributed by atoms with Crippen molar-refractivity contribution in [3.63, 3.8) is 0 Å². The molecule has 0 fully saturated rings. The summed E-state index contributed by atoms with van der Waals surface area (Å²) in [5.41, 5.74) is 0. The molecule has 0 N–H and O–H groups in total. The van der Waals surface area contributed by atoms with Crippen molar-refractivity contribution < 1.29 is 9.53 Å². The molecule has 4 nitrogen and oxygen atoms in total. The topological polar surface area (TPSA) is 73.9 Å². The molecule has 10 heavy (non-hydrogen) atoms. The first kappa shape index (κ1) is 8.45. The summed E-state index contributed by atoms with van der Waals surface area (Å²) < 4.78 is 4.34. The molecule has 52 valence electrons. The maximum absolute atomic E-state index is 10.4. The van der Waals surface area contributed by atoms with Crippen LogP contribution in [0, 0.1) is 22.7 Å². The first-order valence-corrected chi connectivity index (χ1v) is 2.70. The summed E-state index contributed by atoms with van der Waals surface area (Å²) in [6.45, 7) is -0.232. The summed E-state index contributed by atoms with van der Waals surface area (Å²) in [6, 6.07) is 3.44. The molecule has 0 rings (SSSR count). The number of carbonyl (C=O) groups excluding carboxylic acids is 1. The standard InChI is InChI=1S/C6H6N2O2/c7-3-1-2-6(9)10-5-4-8/h1-2,5H2. The Morgan fingerprint density at radius 1 is 1.40 bits per heavy atom. The van der Waals surface area contributed by atoms with E-state index in [1.807, 2.05) is 0 Å². The van der Waals surface area contributed by atoms with Gasteiger partial charge in [0.1, 0.15) is 6.07 Å². The first-order chi connectivity index (χ1) is 4.81. The molecule has 0 radical (unpaired) electrons. The third kappa shape index (κ3) is 4.61. The van der Waals surface area contributed by atoms with Gasteiger partial charge in [0.05, 0.1) is 12.5 Å². The minimum Gasteiger partial charge on any atom is -0.450 e. The fraction of sp³-hybridized carbons (Fsp3) is 0.500. The Bertz CT molecular complexity index is 167. The molecule has 0 aliphatic carbocycles. The zero-order chi connectivity index (χ0) is 7.82. The van der Waals surface area contributed by atoms with Crippen LogP contribution in [0.2, 0.25) is 0 Å². The van der Waals surface area contributed by atoms with Gasteiger partial charge in [0, 0.05) is 6.42 Å². The molecule has 0 aliphatic heterocycles. The van der Waals surface area contributed by atoms with Crippen LogP contribution in [0.4, 0.5) is 0 Å². The number of rotatable bonds is 3. The monoisotopic (exact) mass is 138 g/mol. The second kappa shape index (κ2) is 5.58. The van der Waals surface area contributed by atoms with Gasteiger partial charge in [-0.2, -0.15) is 10.5 Å². The Labute approximate surface area is 58.6 Å². The molecule has 0 atom stereocenters. The van der Waals surface area contributed by atoms with Gasteiger partial charge in [0.2, 0.25) is 0 Å². The molecule has 0 saturated carbocycles. The van der Waals surface area contributed by atoms with Crippen molar-refractivity contribution in [3.8, 4) is 12.1 Å². The van der Waals surface area contributed by atoms with Crippen molar-refractivity contribution in [1.29, 1.82) is 10.5 Å². The van der Waals surface area contributed by atoms with Crippen LogP contribution in [-0.4, -0.2) is 12.6 Å². The van der Waals surface area contributed by atoms with Crippen LogP contribution < -0.4 is 0 Å². The molecule has 0 unspecified atom stereocenters. The van der Waals surface area contributed by atoms with Crippen molar-refractivity contribution in [3.05, 3.63) is 0 Å². The Hall–Kier alpha value is -1.55. The molecule has 0 aromatic carbocycles. The number of ether oxygens (including phenoxy) is 1. The fourth-order valence-electron chi connectivity index (χ4n) is 0.343. The van der Waals surface area contributed by atoms with E-state index in [0.717, 1.165) is 0 Å². The lowest BCUT2D eigenvalue weighted by molar-refractivity contribution is -0.142. The molecule has 0 aromatic rings. The predicted molar refractivity (Wildman–Crippen MR) is 31.4 cm³/mol. The molecule has 0 heterocycles. The van der Waals surface area contributed by atoms with Crippen molar-refractivity contribution in [2.75, 3.05) is 6.61 Å². The largest absolute Gasteiger partial charge is 0.450 e. The van der Waals surface area contributed by atoms with E-state index < -0.39 is 5.97 Å². The smallest absolute Gasteiger partial charge is 0.307 e. The average molecular weight is 138 g/mol. The molecule has 0 bridgehead atoms. The highest BCUT2D eigenvalue weighted by Crippen LogP contribution is 1.89. The van der Waals surface area contributed by atoms with E-state index in [0.29, 0.717) is 0 Å². The number of nitriles is 2. The number of hydrogen-bond acceptors (Lipinski definition) is 4. The van der Waals surface area contributed by atoms with E-state index in [1.165, 1.54) is 0 Å². The second-order valence-corrected chi connectivity index (χ2v) is 1.48. The maximum Gasteiger partial charge on any atom is 0.307 e. The number of hydrogen-bond donors (Lipinski definition) is 0. The van der Waals surface area contributed by atoms with E-state index in [9.17, 15) is 4.79 Å². The molecule has 0 amide bonds. The highest BCUT2D eigenvalue weighted by Gasteiger charge is 1.99. The maximum atomic E-state index is 10.4. The number of carbonyl (C=O) groups is 1. The van der Waals surface area contributed by atoms with Gasteiger partial charge in [0.15, 0.2) is 6.61 Å². The molecule has 0 saturated heterocycles. The SMILES string of the molecule is N#CCCC(=O)OCC#N. The van der Waals surface area contributed by atoms with Crippen molar-refractivity contribution in [1.82, 2.24) is 0 Å². The minimum atomic E-state index is -0.497. The number of nitrogens with zero attached hydrogens (tertiary/aromatic N) is 2. The molecular formula is C6H6N2O2. The lowest BCUT2D eigenvalue weighted by Gasteiger charge is -1.94. The molecule has 0 spiro atoms. The normalized spacial score (nSPS) is 7.40. The van der Waals surface area contributed by atoms with Gasteiger partial charge in [-0.05, 0) is 0 Å². The van der Waals surface area contributed by atoms with Crippen LogP contribution in [0.5, 0.6) is 0 Å². The van der Waals surface area contributed by atoms with E-state index >= 15 is 0 Å². The Morgan fingerprint density at radius 3 is 2.60 bits per heavy atom. The number of esters is 1. The van der Waals surface area contributed by atoms with Crippen LogP contribution in [0.3, 0.4) is 0 Å².